The molecule has 2 N–H and O–H groups in total. The minimum Gasteiger partial charge on any atom is -0.330 e. The van der Waals surface area contributed by atoms with Crippen molar-refractivity contribution in [3.8, 4) is 0 Å². The minimum absolute atomic E-state index is 0.421. The van der Waals surface area contributed by atoms with E-state index in [1.54, 1.807) is 0 Å². The van der Waals surface area contributed by atoms with Crippen LogP contribution >= 0.6 is 0 Å². The fraction of sp³-hybridized carbons (Fsp3) is 1.00. The summed E-state index contributed by atoms with van der Waals surface area (Å²) in [5.74, 6) is 0.874. The Labute approximate surface area is 119 Å². The van der Waals surface area contributed by atoms with Gasteiger partial charge in [0.05, 0.1) is 0 Å². The van der Waals surface area contributed by atoms with E-state index >= 15 is 0 Å². The first kappa shape index (κ1) is 15.3. The summed E-state index contributed by atoms with van der Waals surface area (Å²) in [6.45, 7) is 13.1. The van der Waals surface area contributed by atoms with Gasteiger partial charge in [0.25, 0.3) is 0 Å². The number of hydrogen-bond donors (Lipinski definition) is 1. The van der Waals surface area contributed by atoms with Crippen LogP contribution in [0.15, 0.2) is 0 Å². The molecular weight excluding hydrogens is 234 g/mol. The maximum absolute atomic E-state index is 6.16. The molecule has 2 aliphatic rings. The number of rotatable bonds is 5. The molecule has 3 nitrogen and oxygen atoms in total. The minimum atomic E-state index is 0.421. The van der Waals surface area contributed by atoms with Crippen molar-refractivity contribution in [2.24, 2.45) is 17.1 Å². The van der Waals surface area contributed by atoms with Gasteiger partial charge in [-0.1, -0.05) is 26.7 Å². The monoisotopic (exact) mass is 267 g/mol. The number of nitrogens with zero attached hydrogens (tertiary/aromatic N) is 2. The SMILES string of the molecule is CCCN1CCN(CC2(CN)CCCC(C)C2)CC1. The molecular formula is C16H33N3. The van der Waals surface area contributed by atoms with Crippen LogP contribution in [-0.2, 0) is 0 Å². The summed E-state index contributed by atoms with van der Waals surface area (Å²) >= 11 is 0. The summed E-state index contributed by atoms with van der Waals surface area (Å²) in [4.78, 5) is 5.28. The molecule has 2 atom stereocenters. The van der Waals surface area contributed by atoms with Gasteiger partial charge in [0.2, 0.25) is 0 Å². The van der Waals surface area contributed by atoms with E-state index in [-0.39, 0.29) is 0 Å². The Balaban J connectivity index is 1.82. The molecule has 0 aromatic heterocycles. The second-order valence-corrected chi connectivity index (χ2v) is 7.02. The Morgan fingerprint density at radius 1 is 1.16 bits per heavy atom. The summed E-state index contributed by atoms with van der Waals surface area (Å²) in [6.07, 6.45) is 6.77. The zero-order valence-corrected chi connectivity index (χ0v) is 13.0. The van der Waals surface area contributed by atoms with E-state index in [1.807, 2.05) is 0 Å². The molecule has 2 fully saturated rings. The van der Waals surface area contributed by atoms with E-state index in [0.717, 1.165) is 12.5 Å². The second-order valence-electron chi connectivity index (χ2n) is 7.02. The van der Waals surface area contributed by atoms with E-state index in [1.165, 1.54) is 71.4 Å². The topological polar surface area (TPSA) is 32.5 Å². The van der Waals surface area contributed by atoms with Gasteiger partial charge in [0.1, 0.15) is 0 Å². The molecule has 1 aliphatic heterocycles. The summed E-state index contributed by atoms with van der Waals surface area (Å²) in [5.41, 5.74) is 6.58. The molecule has 19 heavy (non-hydrogen) atoms. The van der Waals surface area contributed by atoms with Crippen LogP contribution < -0.4 is 5.73 Å². The summed E-state index contributed by atoms with van der Waals surface area (Å²) in [6, 6.07) is 0. The van der Waals surface area contributed by atoms with E-state index in [4.69, 9.17) is 5.73 Å². The summed E-state index contributed by atoms with van der Waals surface area (Å²) < 4.78 is 0. The molecule has 1 heterocycles. The van der Waals surface area contributed by atoms with Gasteiger partial charge in [-0.25, -0.2) is 0 Å². The smallest absolute Gasteiger partial charge is 0.0110 e. The Bertz CT molecular complexity index is 261. The predicted octanol–water partition coefficient (Wildman–Crippen LogP) is 2.17. The molecule has 2 rings (SSSR count). The van der Waals surface area contributed by atoms with Crippen molar-refractivity contribution in [3.63, 3.8) is 0 Å². The molecule has 1 saturated carbocycles. The summed E-state index contributed by atoms with van der Waals surface area (Å²) in [7, 11) is 0. The van der Waals surface area contributed by atoms with Crippen molar-refractivity contribution in [2.45, 2.75) is 46.0 Å². The predicted molar refractivity (Wildman–Crippen MR) is 82.3 cm³/mol. The van der Waals surface area contributed by atoms with Gasteiger partial charge in [0, 0.05) is 32.7 Å². The van der Waals surface area contributed by atoms with Gasteiger partial charge in [-0.05, 0) is 43.7 Å². The molecule has 2 unspecified atom stereocenters. The van der Waals surface area contributed by atoms with Crippen LogP contribution in [0.2, 0.25) is 0 Å². The largest absolute Gasteiger partial charge is 0.330 e. The molecule has 0 aromatic carbocycles. The molecule has 3 heteroatoms. The van der Waals surface area contributed by atoms with Crippen LogP contribution in [0.5, 0.6) is 0 Å². The molecule has 112 valence electrons. The standard InChI is InChI=1S/C16H33N3/c1-3-7-18-8-10-19(11-9-18)14-16(13-17)6-4-5-15(2)12-16/h15H,3-14,17H2,1-2H3. The van der Waals surface area contributed by atoms with Gasteiger partial charge < -0.3 is 15.5 Å². The maximum atomic E-state index is 6.16. The lowest BCUT2D eigenvalue weighted by Gasteiger charge is -2.45. The van der Waals surface area contributed by atoms with Crippen molar-refractivity contribution >= 4 is 0 Å². The lowest BCUT2D eigenvalue weighted by Crippen LogP contribution is -2.52. The van der Waals surface area contributed by atoms with Crippen LogP contribution in [0.25, 0.3) is 0 Å². The third-order valence-corrected chi connectivity index (χ3v) is 5.18. The Morgan fingerprint density at radius 3 is 2.42 bits per heavy atom. The highest BCUT2D eigenvalue weighted by Crippen LogP contribution is 2.39. The third-order valence-electron chi connectivity index (χ3n) is 5.18. The molecule has 1 aliphatic carbocycles. The first-order valence-electron chi connectivity index (χ1n) is 8.32. The van der Waals surface area contributed by atoms with Gasteiger partial charge >= 0.3 is 0 Å². The third kappa shape index (κ3) is 4.17. The van der Waals surface area contributed by atoms with E-state index in [9.17, 15) is 0 Å². The van der Waals surface area contributed by atoms with Crippen LogP contribution in [-0.4, -0.2) is 55.6 Å². The lowest BCUT2D eigenvalue weighted by molar-refractivity contribution is 0.0545. The first-order valence-corrected chi connectivity index (χ1v) is 8.32. The van der Waals surface area contributed by atoms with Gasteiger partial charge in [-0.3, -0.25) is 0 Å². The molecule has 1 saturated heterocycles. The highest BCUT2D eigenvalue weighted by molar-refractivity contribution is 4.90. The Morgan fingerprint density at radius 2 is 1.84 bits per heavy atom. The van der Waals surface area contributed by atoms with Gasteiger partial charge in [-0.15, -0.1) is 0 Å². The van der Waals surface area contributed by atoms with Crippen molar-refractivity contribution in [1.82, 2.24) is 9.80 Å². The van der Waals surface area contributed by atoms with Crippen molar-refractivity contribution < 1.29 is 0 Å². The molecule has 0 spiro atoms. The lowest BCUT2D eigenvalue weighted by atomic mass is 9.69. The van der Waals surface area contributed by atoms with Gasteiger partial charge in [-0.2, -0.15) is 0 Å². The van der Waals surface area contributed by atoms with Crippen LogP contribution in [0.4, 0.5) is 0 Å². The maximum Gasteiger partial charge on any atom is 0.0110 e. The molecule has 0 aromatic rings. The zero-order valence-electron chi connectivity index (χ0n) is 13.0. The average Bonchev–Trinajstić information content (AvgIpc) is 2.41. The van der Waals surface area contributed by atoms with Gasteiger partial charge in [0.15, 0.2) is 0 Å². The van der Waals surface area contributed by atoms with E-state index in [2.05, 4.69) is 23.6 Å². The fourth-order valence-electron chi connectivity index (χ4n) is 4.12. The molecule has 0 bridgehead atoms. The normalized spacial score (nSPS) is 34.6. The Hall–Kier alpha value is -0.120. The summed E-state index contributed by atoms with van der Waals surface area (Å²) in [5, 5.41) is 0. The highest BCUT2D eigenvalue weighted by Gasteiger charge is 2.35. The quantitative estimate of drug-likeness (QED) is 0.828. The van der Waals surface area contributed by atoms with Crippen LogP contribution in [0, 0.1) is 11.3 Å². The molecule has 0 amide bonds. The number of hydrogen-bond acceptors (Lipinski definition) is 3. The van der Waals surface area contributed by atoms with E-state index in [0.29, 0.717) is 5.41 Å². The first-order chi connectivity index (χ1) is 9.17. The van der Waals surface area contributed by atoms with Crippen molar-refractivity contribution in [2.75, 3.05) is 45.8 Å². The van der Waals surface area contributed by atoms with Crippen LogP contribution in [0.1, 0.15) is 46.0 Å². The number of piperazine rings is 1. The van der Waals surface area contributed by atoms with Crippen molar-refractivity contribution in [3.05, 3.63) is 0 Å². The Kier molecular flexibility index (Phi) is 5.67. The number of nitrogens with two attached hydrogens (primary N) is 1. The average molecular weight is 267 g/mol. The highest BCUT2D eigenvalue weighted by atomic mass is 15.3. The zero-order chi connectivity index (χ0) is 13.7. The fourth-order valence-corrected chi connectivity index (χ4v) is 4.12. The second kappa shape index (κ2) is 7.05. The van der Waals surface area contributed by atoms with E-state index < -0.39 is 0 Å². The van der Waals surface area contributed by atoms with Crippen molar-refractivity contribution in [1.29, 1.82) is 0 Å². The van der Waals surface area contributed by atoms with Crippen LogP contribution in [0.3, 0.4) is 0 Å². The molecule has 0 radical (unpaired) electrons.